The predicted octanol–water partition coefficient (Wildman–Crippen LogP) is 2.50. The first-order valence-electron chi connectivity index (χ1n) is 5.07. The van der Waals surface area contributed by atoms with Crippen LogP contribution in [-0.2, 0) is 0 Å². The Morgan fingerprint density at radius 3 is 3.00 bits per heavy atom. The van der Waals surface area contributed by atoms with Crippen LogP contribution < -0.4 is 5.73 Å². The minimum Gasteiger partial charge on any atom is -0.382 e. The minimum absolute atomic E-state index is 0.0438. The fraction of sp³-hybridized carbons (Fsp3) is 0.455. The molecular weight excluding hydrogens is 206 g/mol. The molecule has 1 aromatic heterocycles. The van der Waals surface area contributed by atoms with Crippen LogP contribution >= 0.6 is 11.8 Å². The van der Waals surface area contributed by atoms with Crippen LogP contribution in [0.25, 0.3) is 0 Å². The normalized spacial score (nSPS) is 12.4. The maximum atomic E-state index is 7.41. The average molecular weight is 223 g/mol. The van der Waals surface area contributed by atoms with E-state index >= 15 is 0 Å². The van der Waals surface area contributed by atoms with E-state index in [9.17, 15) is 0 Å². The average Bonchev–Trinajstić information content (AvgIpc) is 2.26. The number of nitrogen functional groups attached to an aromatic ring is 1. The zero-order chi connectivity index (χ0) is 11.3. The lowest BCUT2D eigenvalue weighted by Crippen LogP contribution is -2.14. The summed E-state index contributed by atoms with van der Waals surface area (Å²) in [5.74, 6) is 1.76. The Hall–Kier alpha value is -1.03. The molecule has 0 aliphatic carbocycles. The van der Waals surface area contributed by atoms with E-state index in [0.29, 0.717) is 11.6 Å². The molecule has 1 aromatic rings. The third-order valence-corrected chi connectivity index (χ3v) is 3.62. The monoisotopic (exact) mass is 223 g/mol. The molecule has 3 N–H and O–H groups in total. The minimum atomic E-state index is 0.0438. The highest BCUT2D eigenvalue weighted by Gasteiger charge is 2.08. The molecule has 0 saturated carbocycles. The smallest absolute Gasteiger partial charge is 0.142 e. The van der Waals surface area contributed by atoms with Crippen molar-refractivity contribution in [2.24, 2.45) is 11.7 Å². The van der Waals surface area contributed by atoms with Crippen molar-refractivity contribution < 1.29 is 0 Å². The molecule has 0 bridgehead atoms. The van der Waals surface area contributed by atoms with Gasteiger partial charge in [-0.05, 0) is 18.1 Å². The molecule has 4 heteroatoms. The lowest BCUT2D eigenvalue weighted by Gasteiger charge is -2.09. The number of pyridine rings is 1. The molecular formula is C11H17N3S. The van der Waals surface area contributed by atoms with Gasteiger partial charge in [-0.2, -0.15) is 0 Å². The van der Waals surface area contributed by atoms with E-state index in [0.717, 1.165) is 10.6 Å². The molecule has 1 heterocycles. The van der Waals surface area contributed by atoms with Crippen molar-refractivity contribution in [1.29, 1.82) is 5.41 Å². The number of nitrogens with one attached hydrogen (secondary N) is 1. The van der Waals surface area contributed by atoms with E-state index in [1.165, 1.54) is 6.42 Å². The van der Waals surface area contributed by atoms with Crippen LogP contribution in [0, 0.1) is 11.3 Å². The van der Waals surface area contributed by atoms with Crippen molar-refractivity contribution in [2.45, 2.75) is 25.2 Å². The number of amidine groups is 1. The highest BCUT2D eigenvalue weighted by Crippen LogP contribution is 2.23. The molecule has 0 fully saturated rings. The van der Waals surface area contributed by atoms with Crippen molar-refractivity contribution in [1.82, 2.24) is 4.98 Å². The van der Waals surface area contributed by atoms with Crippen molar-refractivity contribution >= 4 is 17.6 Å². The Kier molecular flexibility index (Phi) is 4.62. The van der Waals surface area contributed by atoms with E-state index in [2.05, 4.69) is 18.8 Å². The fourth-order valence-corrected chi connectivity index (χ4v) is 2.23. The van der Waals surface area contributed by atoms with E-state index in [1.807, 2.05) is 12.1 Å². The number of hydrogen-bond donors (Lipinski definition) is 2. The van der Waals surface area contributed by atoms with Crippen LogP contribution in [0.3, 0.4) is 0 Å². The summed E-state index contributed by atoms with van der Waals surface area (Å²) in [6.07, 6.45) is 2.84. The summed E-state index contributed by atoms with van der Waals surface area (Å²) >= 11 is 1.72. The van der Waals surface area contributed by atoms with Gasteiger partial charge in [-0.25, -0.2) is 0 Å². The Morgan fingerprint density at radius 1 is 1.67 bits per heavy atom. The lowest BCUT2D eigenvalue weighted by molar-refractivity contribution is 0.637. The summed E-state index contributed by atoms with van der Waals surface area (Å²) in [4.78, 5) is 5.12. The third-order valence-electron chi connectivity index (χ3n) is 2.25. The number of hydrogen-bond acceptors (Lipinski definition) is 3. The van der Waals surface area contributed by atoms with Gasteiger partial charge in [-0.15, -0.1) is 11.8 Å². The first-order valence-corrected chi connectivity index (χ1v) is 6.06. The summed E-state index contributed by atoms with van der Waals surface area (Å²) < 4.78 is 0. The molecule has 1 atom stereocenters. The largest absolute Gasteiger partial charge is 0.382 e. The Morgan fingerprint density at radius 2 is 2.40 bits per heavy atom. The number of aromatic nitrogens is 1. The number of thioether (sulfide) groups is 1. The highest BCUT2D eigenvalue weighted by molar-refractivity contribution is 7.99. The molecule has 3 nitrogen and oxygen atoms in total. The Bertz CT molecular complexity index is 338. The Balaban J connectivity index is 2.72. The van der Waals surface area contributed by atoms with Crippen molar-refractivity contribution in [3.05, 3.63) is 24.0 Å². The van der Waals surface area contributed by atoms with Gasteiger partial charge >= 0.3 is 0 Å². The summed E-state index contributed by atoms with van der Waals surface area (Å²) in [5, 5.41) is 7.41. The zero-order valence-electron chi connectivity index (χ0n) is 9.16. The third kappa shape index (κ3) is 3.55. The zero-order valence-corrected chi connectivity index (χ0v) is 9.97. The summed E-state index contributed by atoms with van der Waals surface area (Å²) in [7, 11) is 0. The molecule has 82 valence electrons. The standard InChI is InChI=1S/C11H17N3S/c1-3-8(2)7-15-9-5-4-6-14-10(9)11(12)13/h4-6,8H,3,7H2,1-2H3,(H3,12,13). The quantitative estimate of drug-likeness (QED) is 0.458. The van der Waals surface area contributed by atoms with Gasteiger partial charge < -0.3 is 5.73 Å². The molecule has 0 radical (unpaired) electrons. The molecule has 0 aliphatic heterocycles. The molecule has 0 saturated heterocycles. The van der Waals surface area contributed by atoms with Gasteiger partial charge in [0, 0.05) is 16.8 Å². The van der Waals surface area contributed by atoms with Crippen LogP contribution in [0.2, 0.25) is 0 Å². The SMILES string of the molecule is CCC(C)CSc1cccnc1C(=N)N. The van der Waals surface area contributed by atoms with Crippen LogP contribution in [-0.4, -0.2) is 16.6 Å². The van der Waals surface area contributed by atoms with Gasteiger partial charge in [-0.1, -0.05) is 20.3 Å². The van der Waals surface area contributed by atoms with Crippen molar-refractivity contribution in [2.75, 3.05) is 5.75 Å². The second-order valence-corrected chi connectivity index (χ2v) is 4.65. The molecule has 0 aliphatic rings. The van der Waals surface area contributed by atoms with Crippen molar-refractivity contribution in [3.63, 3.8) is 0 Å². The topological polar surface area (TPSA) is 62.8 Å². The van der Waals surface area contributed by atoms with Gasteiger partial charge in [-0.3, -0.25) is 10.4 Å². The lowest BCUT2D eigenvalue weighted by atomic mass is 10.2. The molecule has 0 spiro atoms. The summed E-state index contributed by atoms with van der Waals surface area (Å²) in [6, 6.07) is 3.85. The maximum absolute atomic E-state index is 7.41. The van der Waals surface area contributed by atoms with Gasteiger partial charge in [0.1, 0.15) is 11.5 Å². The van der Waals surface area contributed by atoms with Gasteiger partial charge in [0.25, 0.3) is 0 Å². The Labute approximate surface area is 95.0 Å². The first-order chi connectivity index (χ1) is 7.15. The fourth-order valence-electron chi connectivity index (χ4n) is 1.06. The number of rotatable bonds is 5. The maximum Gasteiger partial charge on any atom is 0.142 e. The van der Waals surface area contributed by atoms with Crippen LogP contribution in [0.5, 0.6) is 0 Å². The first kappa shape index (κ1) is 12.0. The van der Waals surface area contributed by atoms with E-state index < -0.39 is 0 Å². The molecule has 0 aromatic carbocycles. The van der Waals surface area contributed by atoms with E-state index in [-0.39, 0.29) is 5.84 Å². The summed E-state index contributed by atoms with van der Waals surface area (Å²) in [6.45, 7) is 4.40. The molecule has 0 amide bonds. The highest BCUT2D eigenvalue weighted by atomic mass is 32.2. The van der Waals surface area contributed by atoms with Crippen LogP contribution in [0.4, 0.5) is 0 Å². The van der Waals surface area contributed by atoms with Crippen LogP contribution in [0.15, 0.2) is 23.2 Å². The predicted molar refractivity (Wildman–Crippen MR) is 65.4 cm³/mol. The van der Waals surface area contributed by atoms with Gasteiger partial charge in [0.05, 0.1) is 0 Å². The van der Waals surface area contributed by atoms with Crippen molar-refractivity contribution in [3.8, 4) is 0 Å². The van der Waals surface area contributed by atoms with Crippen LogP contribution in [0.1, 0.15) is 26.0 Å². The molecule has 15 heavy (non-hydrogen) atoms. The number of nitrogens with zero attached hydrogens (tertiary/aromatic N) is 1. The second kappa shape index (κ2) is 5.75. The molecule has 1 rings (SSSR count). The van der Waals surface area contributed by atoms with Gasteiger partial charge in [0.2, 0.25) is 0 Å². The molecule has 1 unspecified atom stereocenters. The summed E-state index contributed by atoms with van der Waals surface area (Å²) in [5.41, 5.74) is 6.06. The van der Waals surface area contributed by atoms with E-state index in [1.54, 1.807) is 18.0 Å². The van der Waals surface area contributed by atoms with Gasteiger partial charge in [0.15, 0.2) is 0 Å². The number of nitrogens with two attached hydrogens (primary N) is 1. The van der Waals surface area contributed by atoms with E-state index in [4.69, 9.17) is 11.1 Å². The second-order valence-electron chi connectivity index (χ2n) is 3.59.